The molecule has 1 aromatic heterocycles. The molecule has 1 aromatic carbocycles. The van der Waals surface area contributed by atoms with E-state index in [0.29, 0.717) is 30.9 Å². The lowest BCUT2D eigenvalue weighted by Crippen LogP contribution is -2.40. The maximum absolute atomic E-state index is 12.4. The number of benzene rings is 1. The number of nitrogens with zero attached hydrogens (tertiary/aromatic N) is 2. The van der Waals surface area contributed by atoms with Crippen molar-refractivity contribution < 1.29 is 14.3 Å². The van der Waals surface area contributed by atoms with Crippen LogP contribution in [0.3, 0.4) is 0 Å². The number of aromatic nitrogens is 2. The number of H-pyrrole nitrogens is 1. The van der Waals surface area contributed by atoms with Crippen molar-refractivity contribution in [2.75, 3.05) is 11.9 Å². The Hall–Kier alpha value is -2.35. The molecule has 0 radical (unpaired) electrons. The van der Waals surface area contributed by atoms with E-state index in [1.54, 1.807) is 29.2 Å². The van der Waals surface area contributed by atoms with Crippen molar-refractivity contribution in [2.45, 2.75) is 39.3 Å². The lowest BCUT2D eigenvalue weighted by Gasteiger charge is -2.30. The van der Waals surface area contributed by atoms with Crippen LogP contribution in [0.2, 0.25) is 0 Å². The zero-order valence-corrected chi connectivity index (χ0v) is 16.5. The average Bonchev–Trinajstić information content (AvgIpc) is 2.96. The number of anilines is 1. The summed E-state index contributed by atoms with van der Waals surface area (Å²) in [5.41, 5.74) is 1.72. The van der Waals surface area contributed by atoms with Gasteiger partial charge in [-0.3, -0.25) is 9.89 Å². The molecular formula is C18H21BrN4O3. The lowest BCUT2D eigenvalue weighted by atomic mass is 10.1. The second-order valence-corrected chi connectivity index (χ2v) is 8.06. The minimum Gasteiger partial charge on any atom is -0.444 e. The highest BCUT2D eigenvalue weighted by molar-refractivity contribution is 9.10. The number of aromatic amines is 1. The third-order valence-corrected chi connectivity index (χ3v) is 4.45. The molecule has 0 saturated carbocycles. The number of ether oxygens (including phenoxy) is 1. The van der Waals surface area contributed by atoms with Crippen LogP contribution in [0.5, 0.6) is 0 Å². The van der Waals surface area contributed by atoms with E-state index in [-0.39, 0.29) is 12.0 Å². The molecule has 7 nitrogen and oxygen atoms in total. The molecule has 0 aliphatic carbocycles. The molecule has 0 unspecified atom stereocenters. The molecule has 0 saturated heterocycles. The number of hydrogen-bond donors (Lipinski definition) is 2. The highest BCUT2D eigenvalue weighted by Gasteiger charge is 2.29. The first-order chi connectivity index (χ1) is 12.2. The molecule has 1 aliphatic rings. The van der Waals surface area contributed by atoms with Gasteiger partial charge in [-0.2, -0.15) is 5.10 Å². The Morgan fingerprint density at radius 3 is 2.62 bits per heavy atom. The number of rotatable bonds is 2. The van der Waals surface area contributed by atoms with Crippen LogP contribution in [-0.4, -0.2) is 39.2 Å². The molecular weight excluding hydrogens is 400 g/mol. The molecule has 2 amide bonds. The molecule has 3 rings (SSSR count). The van der Waals surface area contributed by atoms with Gasteiger partial charge in [-0.1, -0.05) is 15.9 Å². The lowest BCUT2D eigenvalue weighted by molar-refractivity contribution is 0.0224. The fraction of sp³-hybridized carbons (Fsp3) is 0.389. The van der Waals surface area contributed by atoms with Crippen molar-refractivity contribution in [3.63, 3.8) is 0 Å². The van der Waals surface area contributed by atoms with Gasteiger partial charge in [0.1, 0.15) is 5.60 Å². The highest BCUT2D eigenvalue weighted by Crippen LogP contribution is 2.25. The second kappa shape index (κ2) is 7.11. The fourth-order valence-corrected chi connectivity index (χ4v) is 2.93. The van der Waals surface area contributed by atoms with Crippen LogP contribution < -0.4 is 5.32 Å². The molecule has 2 aromatic rings. The Bertz CT molecular complexity index is 824. The molecule has 8 heteroatoms. The Morgan fingerprint density at radius 1 is 1.27 bits per heavy atom. The molecule has 0 spiro atoms. The van der Waals surface area contributed by atoms with Crippen LogP contribution in [-0.2, 0) is 17.7 Å². The van der Waals surface area contributed by atoms with Crippen molar-refractivity contribution in [3.05, 3.63) is 45.6 Å². The summed E-state index contributed by atoms with van der Waals surface area (Å²) in [4.78, 5) is 26.4. The van der Waals surface area contributed by atoms with Crippen LogP contribution in [0.4, 0.5) is 10.6 Å². The fourth-order valence-electron chi connectivity index (χ4n) is 2.66. The van der Waals surface area contributed by atoms with Crippen molar-refractivity contribution in [1.29, 1.82) is 0 Å². The molecule has 26 heavy (non-hydrogen) atoms. The molecule has 0 atom stereocenters. The van der Waals surface area contributed by atoms with Crippen molar-refractivity contribution in [2.24, 2.45) is 0 Å². The minimum absolute atomic E-state index is 0.249. The largest absolute Gasteiger partial charge is 0.444 e. The number of carbonyl (C=O) groups is 2. The third kappa shape index (κ3) is 4.24. The summed E-state index contributed by atoms with van der Waals surface area (Å²) in [7, 11) is 0. The van der Waals surface area contributed by atoms with E-state index in [2.05, 4.69) is 31.4 Å². The summed E-state index contributed by atoms with van der Waals surface area (Å²) in [6.07, 6.45) is 0.268. The Morgan fingerprint density at radius 2 is 1.96 bits per heavy atom. The van der Waals surface area contributed by atoms with E-state index in [1.807, 2.05) is 20.8 Å². The molecule has 2 N–H and O–H groups in total. The maximum Gasteiger partial charge on any atom is 0.410 e. The smallest absolute Gasteiger partial charge is 0.410 e. The normalized spacial score (nSPS) is 13.9. The van der Waals surface area contributed by atoms with Crippen LogP contribution in [0.25, 0.3) is 0 Å². The molecule has 1 aliphatic heterocycles. The quantitative estimate of drug-likeness (QED) is 0.774. The number of amides is 2. The van der Waals surface area contributed by atoms with Crippen molar-refractivity contribution in [1.82, 2.24) is 15.1 Å². The first kappa shape index (κ1) is 18.4. The molecule has 0 fully saturated rings. The summed E-state index contributed by atoms with van der Waals surface area (Å²) in [6.45, 7) is 6.40. The molecule has 0 bridgehead atoms. The van der Waals surface area contributed by atoms with Crippen LogP contribution in [0.15, 0.2) is 28.7 Å². The second-order valence-electron chi connectivity index (χ2n) is 7.14. The van der Waals surface area contributed by atoms with Gasteiger partial charge in [-0.05, 0) is 45.0 Å². The topological polar surface area (TPSA) is 87.3 Å². The van der Waals surface area contributed by atoms with E-state index < -0.39 is 5.60 Å². The summed E-state index contributed by atoms with van der Waals surface area (Å²) in [5.74, 6) is 0.197. The number of halogens is 1. The van der Waals surface area contributed by atoms with E-state index in [1.165, 1.54) is 0 Å². The number of fused-ring (bicyclic) bond motifs is 1. The number of hydrogen-bond acceptors (Lipinski definition) is 4. The van der Waals surface area contributed by atoms with Gasteiger partial charge in [-0.15, -0.1) is 0 Å². The van der Waals surface area contributed by atoms with Gasteiger partial charge >= 0.3 is 6.09 Å². The SMILES string of the molecule is CC(C)(C)OC(=O)N1CCc2[nH]nc(NC(=O)c3ccc(Br)cc3)c2C1. The van der Waals surface area contributed by atoms with Gasteiger partial charge in [0.2, 0.25) is 0 Å². The Balaban J connectivity index is 1.73. The first-order valence-corrected chi connectivity index (χ1v) is 9.13. The zero-order valence-electron chi connectivity index (χ0n) is 14.9. The van der Waals surface area contributed by atoms with Gasteiger partial charge in [0, 0.05) is 34.3 Å². The molecule has 138 valence electrons. The Kier molecular flexibility index (Phi) is 5.04. The summed E-state index contributed by atoms with van der Waals surface area (Å²) in [5, 5.41) is 9.97. The van der Waals surface area contributed by atoms with Gasteiger partial charge < -0.3 is 15.0 Å². The summed E-state index contributed by atoms with van der Waals surface area (Å²) in [6, 6.07) is 7.06. The van der Waals surface area contributed by atoms with E-state index >= 15 is 0 Å². The maximum atomic E-state index is 12.4. The predicted octanol–water partition coefficient (Wildman–Crippen LogP) is 3.72. The van der Waals surface area contributed by atoms with Crippen LogP contribution in [0.1, 0.15) is 42.4 Å². The monoisotopic (exact) mass is 420 g/mol. The van der Waals surface area contributed by atoms with Crippen LogP contribution >= 0.6 is 15.9 Å². The first-order valence-electron chi connectivity index (χ1n) is 8.34. The standard InChI is InChI=1S/C18H21BrN4O3/c1-18(2,3)26-17(25)23-9-8-14-13(10-23)15(22-21-14)20-16(24)11-4-6-12(19)7-5-11/h4-7H,8-10H2,1-3H3,(H2,20,21,22,24). The Labute approximate surface area is 160 Å². The van der Waals surface area contributed by atoms with E-state index in [0.717, 1.165) is 15.7 Å². The van der Waals surface area contributed by atoms with Gasteiger partial charge in [0.05, 0.1) is 6.54 Å². The zero-order chi connectivity index (χ0) is 18.9. The minimum atomic E-state index is -0.549. The van der Waals surface area contributed by atoms with Crippen molar-refractivity contribution in [3.8, 4) is 0 Å². The van der Waals surface area contributed by atoms with Crippen LogP contribution in [0, 0.1) is 0 Å². The van der Waals surface area contributed by atoms with Gasteiger partial charge in [-0.25, -0.2) is 4.79 Å². The van der Waals surface area contributed by atoms with Gasteiger partial charge in [0.25, 0.3) is 5.91 Å². The summed E-state index contributed by atoms with van der Waals surface area (Å²) >= 11 is 3.35. The van der Waals surface area contributed by atoms with Crippen molar-refractivity contribution >= 4 is 33.7 Å². The molecule has 2 heterocycles. The average molecular weight is 421 g/mol. The van der Waals surface area contributed by atoms with E-state index in [4.69, 9.17) is 4.74 Å². The number of carbonyl (C=O) groups excluding carboxylic acids is 2. The third-order valence-electron chi connectivity index (χ3n) is 3.92. The predicted molar refractivity (Wildman–Crippen MR) is 101 cm³/mol. The van der Waals surface area contributed by atoms with E-state index in [9.17, 15) is 9.59 Å². The highest BCUT2D eigenvalue weighted by atomic mass is 79.9. The van der Waals surface area contributed by atoms with Gasteiger partial charge in [0.15, 0.2) is 5.82 Å². The number of nitrogens with one attached hydrogen (secondary N) is 2. The summed E-state index contributed by atoms with van der Waals surface area (Å²) < 4.78 is 6.34.